The van der Waals surface area contributed by atoms with E-state index >= 15 is 0 Å². The maximum Gasteiger partial charge on any atom is 0.346 e. The predicted molar refractivity (Wildman–Crippen MR) is 128 cm³/mol. The first-order chi connectivity index (χ1) is 15.7. The molecule has 0 aromatic heterocycles. The number of anilines is 3. The van der Waals surface area contributed by atoms with E-state index in [1.165, 1.54) is 6.08 Å². The van der Waals surface area contributed by atoms with Gasteiger partial charge in [0.25, 0.3) is 0 Å². The molecule has 4 aromatic rings. The van der Waals surface area contributed by atoms with Crippen molar-refractivity contribution in [3.63, 3.8) is 0 Å². The van der Waals surface area contributed by atoms with Gasteiger partial charge in [0.05, 0.1) is 0 Å². The van der Waals surface area contributed by atoms with Gasteiger partial charge in [0.2, 0.25) is 0 Å². The third-order valence-electron chi connectivity index (χ3n) is 5.06. The fraction of sp³-hybridized carbons (Fsp3) is 0. The number of nitriles is 1. The molecule has 0 aliphatic heterocycles. The third kappa shape index (κ3) is 4.58. The van der Waals surface area contributed by atoms with Crippen molar-refractivity contribution in [1.29, 1.82) is 5.26 Å². The van der Waals surface area contributed by atoms with Crippen LogP contribution in [0.3, 0.4) is 0 Å². The molecule has 0 fully saturated rings. The lowest BCUT2D eigenvalue weighted by Gasteiger charge is -2.25. The molecule has 0 unspecified atom stereocenters. The van der Waals surface area contributed by atoms with E-state index in [-0.39, 0.29) is 5.57 Å². The molecule has 0 saturated heterocycles. The van der Waals surface area contributed by atoms with Gasteiger partial charge in [-0.1, -0.05) is 72.8 Å². The lowest BCUT2D eigenvalue weighted by atomic mass is 10.0. The van der Waals surface area contributed by atoms with Crippen molar-refractivity contribution in [1.82, 2.24) is 0 Å². The molecule has 0 bridgehead atoms. The first kappa shape index (κ1) is 20.6. The summed E-state index contributed by atoms with van der Waals surface area (Å²) in [5, 5.41) is 17.9. The Bertz CT molecular complexity index is 1230. The molecule has 1 N–H and O–H groups in total. The maximum atomic E-state index is 11.0. The van der Waals surface area contributed by atoms with E-state index in [2.05, 4.69) is 53.4 Å². The normalized spacial score (nSPS) is 10.9. The van der Waals surface area contributed by atoms with E-state index in [9.17, 15) is 4.79 Å². The van der Waals surface area contributed by atoms with Gasteiger partial charge in [-0.15, -0.1) is 0 Å². The molecule has 154 valence electrons. The van der Waals surface area contributed by atoms with E-state index in [1.54, 1.807) is 6.07 Å². The molecule has 4 rings (SSSR count). The summed E-state index contributed by atoms with van der Waals surface area (Å²) in [6.45, 7) is 0. The van der Waals surface area contributed by atoms with Gasteiger partial charge in [0, 0.05) is 17.1 Å². The van der Waals surface area contributed by atoms with Gasteiger partial charge in [-0.3, -0.25) is 0 Å². The second-order valence-corrected chi connectivity index (χ2v) is 7.15. The van der Waals surface area contributed by atoms with Crippen molar-refractivity contribution in [2.45, 2.75) is 0 Å². The van der Waals surface area contributed by atoms with Crippen LogP contribution in [-0.2, 0) is 4.79 Å². The number of para-hydroxylation sites is 2. The van der Waals surface area contributed by atoms with Crippen LogP contribution in [-0.4, -0.2) is 11.1 Å². The van der Waals surface area contributed by atoms with Gasteiger partial charge in [0.15, 0.2) is 0 Å². The molecule has 0 amide bonds. The van der Waals surface area contributed by atoms with Crippen LogP contribution in [0.25, 0.3) is 17.2 Å². The Morgan fingerprint density at radius 3 is 1.56 bits per heavy atom. The van der Waals surface area contributed by atoms with Crippen LogP contribution in [0.4, 0.5) is 17.1 Å². The number of hydrogen-bond donors (Lipinski definition) is 1. The van der Waals surface area contributed by atoms with Crippen molar-refractivity contribution in [3.8, 4) is 17.2 Å². The van der Waals surface area contributed by atoms with Crippen LogP contribution in [0.1, 0.15) is 5.56 Å². The van der Waals surface area contributed by atoms with Crippen LogP contribution < -0.4 is 4.90 Å². The molecular weight excluding hydrogens is 396 g/mol. The maximum absolute atomic E-state index is 11.0. The van der Waals surface area contributed by atoms with Gasteiger partial charge in [0.1, 0.15) is 11.6 Å². The van der Waals surface area contributed by atoms with Crippen molar-refractivity contribution in [3.05, 3.63) is 120 Å². The number of carboxylic acids is 1. The van der Waals surface area contributed by atoms with E-state index in [0.717, 1.165) is 28.2 Å². The van der Waals surface area contributed by atoms with Gasteiger partial charge in [-0.05, 0) is 59.2 Å². The third-order valence-corrected chi connectivity index (χ3v) is 5.06. The number of carboxylic acid groups (broad SMARTS) is 1. The van der Waals surface area contributed by atoms with Crippen LogP contribution in [0.15, 0.2) is 115 Å². The summed E-state index contributed by atoms with van der Waals surface area (Å²) in [5.41, 5.74) is 5.64. The lowest BCUT2D eigenvalue weighted by molar-refractivity contribution is -0.132. The fourth-order valence-corrected chi connectivity index (χ4v) is 3.48. The highest BCUT2D eigenvalue weighted by atomic mass is 16.4. The Morgan fingerprint density at radius 1 is 0.688 bits per heavy atom. The molecule has 0 spiro atoms. The molecular formula is C28H20N2O2. The monoisotopic (exact) mass is 416 g/mol. The zero-order valence-corrected chi connectivity index (χ0v) is 17.2. The van der Waals surface area contributed by atoms with Gasteiger partial charge >= 0.3 is 5.97 Å². The minimum absolute atomic E-state index is 0.288. The lowest BCUT2D eigenvalue weighted by Crippen LogP contribution is -2.09. The summed E-state index contributed by atoms with van der Waals surface area (Å²) in [6.07, 6.45) is 1.37. The standard InChI is InChI=1S/C28H20N2O2/c29-20-24(28(31)32)19-21-11-13-22(14-12-21)23-15-17-27(18-16-23)30(25-7-3-1-4-8-25)26-9-5-2-6-10-26/h1-19H,(H,31,32)/b24-19-. The van der Waals surface area contributed by atoms with Crippen molar-refractivity contribution in [2.75, 3.05) is 4.90 Å². The van der Waals surface area contributed by atoms with E-state index in [4.69, 9.17) is 10.4 Å². The van der Waals surface area contributed by atoms with Crippen molar-refractivity contribution >= 4 is 29.1 Å². The molecule has 0 saturated carbocycles. The minimum Gasteiger partial charge on any atom is -0.477 e. The number of benzene rings is 4. The quantitative estimate of drug-likeness (QED) is 0.277. The fourth-order valence-electron chi connectivity index (χ4n) is 3.48. The number of hydrogen-bond acceptors (Lipinski definition) is 3. The molecule has 4 heteroatoms. The second kappa shape index (κ2) is 9.46. The topological polar surface area (TPSA) is 64.3 Å². The van der Waals surface area contributed by atoms with Gasteiger partial charge < -0.3 is 10.0 Å². The number of aliphatic carboxylic acids is 1. The first-order valence-corrected chi connectivity index (χ1v) is 10.1. The van der Waals surface area contributed by atoms with E-state index in [1.807, 2.05) is 60.7 Å². The van der Waals surface area contributed by atoms with Crippen LogP contribution >= 0.6 is 0 Å². The Hall–Kier alpha value is -4.62. The number of nitrogens with zero attached hydrogens (tertiary/aromatic N) is 2. The molecule has 0 aliphatic carbocycles. The van der Waals surface area contributed by atoms with E-state index in [0.29, 0.717) is 5.56 Å². The summed E-state index contributed by atoms with van der Waals surface area (Å²) < 4.78 is 0. The highest BCUT2D eigenvalue weighted by molar-refractivity contribution is 5.96. The average molecular weight is 416 g/mol. The zero-order chi connectivity index (χ0) is 22.3. The van der Waals surface area contributed by atoms with Crippen LogP contribution in [0.5, 0.6) is 0 Å². The summed E-state index contributed by atoms with van der Waals surface area (Å²) >= 11 is 0. The molecule has 0 aliphatic rings. The summed E-state index contributed by atoms with van der Waals surface area (Å²) in [6, 6.07) is 37.9. The Morgan fingerprint density at radius 2 is 1.12 bits per heavy atom. The molecule has 32 heavy (non-hydrogen) atoms. The first-order valence-electron chi connectivity index (χ1n) is 10.1. The van der Waals surface area contributed by atoms with Crippen molar-refractivity contribution in [2.24, 2.45) is 0 Å². The number of carbonyl (C=O) groups is 1. The Balaban J connectivity index is 1.63. The molecule has 0 radical (unpaired) electrons. The highest BCUT2D eigenvalue weighted by Gasteiger charge is 2.12. The largest absolute Gasteiger partial charge is 0.477 e. The highest BCUT2D eigenvalue weighted by Crippen LogP contribution is 2.35. The molecule has 0 heterocycles. The zero-order valence-electron chi connectivity index (χ0n) is 17.2. The number of rotatable bonds is 6. The van der Waals surface area contributed by atoms with Crippen LogP contribution in [0, 0.1) is 11.3 Å². The van der Waals surface area contributed by atoms with Gasteiger partial charge in [-0.2, -0.15) is 5.26 Å². The smallest absolute Gasteiger partial charge is 0.346 e. The SMILES string of the molecule is N#C/C(=C/c1ccc(-c2ccc(N(c3ccccc3)c3ccccc3)cc2)cc1)C(=O)O. The summed E-state index contributed by atoms with van der Waals surface area (Å²) in [4.78, 5) is 13.2. The molecule has 4 aromatic carbocycles. The summed E-state index contributed by atoms with van der Waals surface area (Å²) in [7, 11) is 0. The van der Waals surface area contributed by atoms with Crippen LogP contribution in [0.2, 0.25) is 0 Å². The molecule has 4 nitrogen and oxygen atoms in total. The van der Waals surface area contributed by atoms with Crippen molar-refractivity contribution < 1.29 is 9.90 Å². The Kier molecular flexibility index (Phi) is 6.10. The summed E-state index contributed by atoms with van der Waals surface area (Å²) in [5.74, 6) is -1.23. The molecule has 0 atom stereocenters. The Labute approximate surface area is 186 Å². The predicted octanol–water partition coefficient (Wildman–Crippen LogP) is 6.81. The second-order valence-electron chi connectivity index (χ2n) is 7.15. The van der Waals surface area contributed by atoms with E-state index < -0.39 is 5.97 Å². The van der Waals surface area contributed by atoms with Gasteiger partial charge in [-0.25, -0.2) is 4.79 Å². The average Bonchev–Trinajstić information content (AvgIpc) is 2.85. The minimum atomic E-state index is -1.23.